The molecule has 2 heterocycles. The number of carbonyl (C=O) groups is 3. The zero-order valence-corrected chi connectivity index (χ0v) is 20.4. The second kappa shape index (κ2) is 10.3. The van der Waals surface area contributed by atoms with Crippen molar-refractivity contribution in [3.63, 3.8) is 0 Å². The van der Waals surface area contributed by atoms with Gasteiger partial charge >= 0.3 is 0 Å². The van der Waals surface area contributed by atoms with E-state index in [0.717, 1.165) is 32.1 Å². The van der Waals surface area contributed by atoms with Gasteiger partial charge in [0.25, 0.3) is 0 Å². The number of thiophene rings is 1. The number of H-pyrrole nitrogens is 1. The van der Waals surface area contributed by atoms with Crippen LogP contribution in [0.3, 0.4) is 0 Å². The summed E-state index contributed by atoms with van der Waals surface area (Å²) in [6, 6.07) is 14.9. The molecule has 6 N–H and O–H groups in total. The average Bonchev–Trinajstić information content (AvgIpc) is 3.42. The van der Waals surface area contributed by atoms with Crippen molar-refractivity contribution in [3.05, 3.63) is 71.2 Å². The summed E-state index contributed by atoms with van der Waals surface area (Å²) in [5.74, 6) is -0.854. The summed E-state index contributed by atoms with van der Waals surface area (Å²) in [4.78, 5) is 40.6. The number of fused-ring (bicyclic) bond motifs is 2. The van der Waals surface area contributed by atoms with Gasteiger partial charge in [0.15, 0.2) is 0 Å². The van der Waals surface area contributed by atoms with Crippen LogP contribution < -0.4 is 21.7 Å². The highest BCUT2D eigenvalue weighted by Gasteiger charge is 2.30. The van der Waals surface area contributed by atoms with Crippen LogP contribution in [0.1, 0.15) is 25.0 Å². The molecule has 35 heavy (non-hydrogen) atoms. The van der Waals surface area contributed by atoms with Gasteiger partial charge in [0.1, 0.15) is 12.2 Å². The Morgan fingerprint density at radius 2 is 1.74 bits per heavy atom. The highest BCUT2D eigenvalue weighted by molar-refractivity contribution is 7.17. The summed E-state index contributed by atoms with van der Waals surface area (Å²) in [6.07, 6.45) is 2.42. The van der Waals surface area contributed by atoms with Crippen molar-refractivity contribution in [1.29, 1.82) is 0 Å². The van der Waals surface area contributed by atoms with Crippen molar-refractivity contribution < 1.29 is 14.4 Å². The van der Waals surface area contributed by atoms with Crippen LogP contribution in [0.25, 0.3) is 21.0 Å². The fraction of sp³-hybridized carbons (Fsp3) is 0.269. The standard InChI is InChI=1S/C26H29N5O3S/c1-26(2,27)25(34)30-21(11-16-13-28-20-9-5-3-7-18(16)20)24(33)31-23(29-15-32)12-17-14-35-22-10-6-4-8-19(17)22/h3-10,13-15,21,23,28H,11-12,27H2,1-2H3,(H,29,32)(H,30,34)(H,31,33)/t21-,23-/m1/s1. The van der Waals surface area contributed by atoms with E-state index in [1.54, 1.807) is 25.2 Å². The average molecular weight is 492 g/mol. The lowest BCUT2D eigenvalue weighted by atomic mass is 10.0. The van der Waals surface area contributed by atoms with Crippen LogP contribution in [0.4, 0.5) is 0 Å². The number of carbonyl (C=O) groups excluding carboxylic acids is 3. The molecule has 0 aliphatic carbocycles. The lowest BCUT2D eigenvalue weighted by molar-refractivity contribution is -0.131. The molecule has 0 aliphatic rings. The Kier molecular flexibility index (Phi) is 7.18. The second-order valence-corrected chi connectivity index (χ2v) is 10.0. The minimum atomic E-state index is -1.16. The first-order chi connectivity index (χ1) is 16.8. The first kappa shape index (κ1) is 24.4. The Morgan fingerprint density at radius 3 is 2.49 bits per heavy atom. The fourth-order valence-electron chi connectivity index (χ4n) is 3.99. The molecule has 0 fully saturated rings. The molecule has 4 aromatic rings. The Hall–Kier alpha value is -3.69. The molecule has 0 radical (unpaired) electrons. The van der Waals surface area contributed by atoms with Crippen molar-refractivity contribution in [1.82, 2.24) is 20.9 Å². The Balaban J connectivity index is 1.56. The van der Waals surface area contributed by atoms with Gasteiger partial charge in [-0.3, -0.25) is 14.4 Å². The normalized spacial score (nSPS) is 13.3. The van der Waals surface area contributed by atoms with Crippen LogP contribution in [0.15, 0.2) is 60.1 Å². The van der Waals surface area contributed by atoms with E-state index < -0.39 is 29.6 Å². The fourth-order valence-corrected chi connectivity index (χ4v) is 4.97. The van der Waals surface area contributed by atoms with Crippen molar-refractivity contribution in [3.8, 4) is 0 Å². The zero-order valence-electron chi connectivity index (χ0n) is 19.6. The van der Waals surface area contributed by atoms with Gasteiger partial charge in [0.2, 0.25) is 18.2 Å². The minimum absolute atomic E-state index is 0.257. The largest absolute Gasteiger partial charge is 0.361 e. The van der Waals surface area contributed by atoms with Gasteiger partial charge in [0.05, 0.1) is 5.54 Å². The monoisotopic (exact) mass is 491 g/mol. The molecule has 0 saturated carbocycles. The Morgan fingerprint density at radius 1 is 1.03 bits per heavy atom. The number of para-hydroxylation sites is 1. The van der Waals surface area contributed by atoms with Crippen LogP contribution in [-0.4, -0.2) is 41.0 Å². The lowest BCUT2D eigenvalue weighted by Crippen LogP contribution is -2.59. The smallest absolute Gasteiger partial charge is 0.244 e. The number of aromatic nitrogens is 1. The molecule has 0 bridgehead atoms. The van der Waals surface area contributed by atoms with Gasteiger partial charge < -0.3 is 26.7 Å². The molecule has 182 valence electrons. The molecule has 9 heteroatoms. The molecular formula is C26H29N5O3S. The van der Waals surface area contributed by atoms with Crippen LogP contribution in [0, 0.1) is 0 Å². The number of nitrogens with two attached hydrogens (primary N) is 1. The maximum atomic E-state index is 13.4. The number of rotatable bonds is 10. The summed E-state index contributed by atoms with van der Waals surface area (Å²) in [6.45, 7) is 3.17. The molecule has 2 atom stereocenters. The SMILES string of the molecule is CC(C)(N)C(=O)N[C@H](Cc1c[nH]c2ccccc12)C(=O)N[C@H](Cc1csc2ccccc12)NC=O. The van der Waals surface area contributed by atoms with Gasteiger partial charge in [-0.1, -0.05) is 36.4 Å². The third-order valence-corrected chi connectivity index (χ3v) is 6.89. The second-order valence-electron chi connectivity index (χ2n) is 9.12. The first-order valence-corrected chi connectivity index (χ1v) is 12.2. The quantitative estimate of drug-likeness (QED) is 0.172. The van der Waals surface area contributed by atoms with E-state index in [-0.39, 0.29) is 6.42 Å². The van der Waals surface area contributed by atoms with Crippen LogP contribution in [0.2, 0.25) is 0 Å². The molecule has 2 aromatic heterocycles. The number of aromatic amines is 1. The van der Waals surface area contributed by atoms with E-state index >= 15 is 0 Å². The van der Waals surface area contributed by atoms with Gasteiger partial charge in [-0.2, -0.15) is 0 Å². The molecule has 0 saturated heterocycles. The van der Waals surface area contributed by atoms with E-state index in [1.807, 2.05) is 60.1 Å². The van der Waals surface area contributed by atoms with Crippen molar-refractivity contribution in [2.24, 2.45) is 5.73 Å². The first-order valence-electron chi connectivity index (χ1n) is 11.4. The summed E-state index contributed by atoms with van der Waals surface area (Å²) in [5.41, 5.74) is 7.67. The van der Waals surface area contributed by atoms with Crippen LogP contribution >= 0.6 is 11.3 Å². The van der Waals surface area contributed by atoms with Crippen molar-refractivity contribution in [2.75, 3.05) is 0 Å². The number of benzene rings is 2. The zero-order chi connectivity index (χ0) is 25.0. The highest BCUT2D eigenvalue weighted by atomic mass is 32.1. The third kappa shape index (κ3) is 5.70. The van der Waals surface area contributed by atoms with E-state index in [9.17, 15) is 14.4 Å². The number of hydrogen-bond donors (Lipinski definition) is 5. The third-order valence-electron chi connectivity index (χ3n) is 5.88. The van der Waals surface area contributed by atoms with Gasteiger partial charge in [-0.15, -0.1) is 11.3 Å². The molecule has 3 amide bonds. The van der Waals surface area contributed by atoms with Crippen LogP contribution in [-0.2, 0) is 27.2 Å². The van der Waals surface area contributed by atoms with Gasteiger partial charge in [0, 0.05) is 34.6 Å². The predicted octanol–water partition coefficient (Wildman–Crippen LogP) is 2.58. The summed E-state index contributed by atoms with van der Waals surface area (Å²) >= 11 is 1.61. The van der Waals surface area contributed by atoms with Crippen LogP contribution in [0.5, 0.6) is 0 Å². The lowest BCUT2D eigenvalue weighted by Gasteiger charge is -2.26. The number of hydrogen-bond acceptors (Lipinski definition) is 5. The molecule has 4 rings (SSSR count). The summed E-state index contributed by atoms with van der Waals surface area (Å²) in [7, 11) is 0. The molecule has 2 aromatic carbocycles. The molecule has 0 spiro atoms. The maximum Gasteiger partial charge on any atom is 0.244 e. The topological polar surface area (TPSA) is 129 Å². The van der Waals surface area contributed by atoms with E-state index in [4.69, 9.17) is 5.73 Å². The molecule has 0 aliphatic heterocycles. The molecule has 0 unspecified atom stereocenters. The van der Waals surface area contributed by atoms with E-state index in [2.05, 4.69) is 20.9 Å². The number of amides is 3. The summed E-state index contributed by atoms with van der Waals surface area (Å²) in [5, 5.41) is 12.5. The molecular weight excluding hydrogens is 462 g/mol. The summed E-state index contributed by atoms with van der Waals surface area (Å²) < 4.78 is 1.13. The van der Waals surface area contributed by atoms with E-state index in [1.165, 1.54) is 0 Å². The van der Waals surface area contributed by atoms with Crippen molar-refractivity contribution >= 4 is 50.6 Å². The highest BCUT2D eigenvalue weighted by Crippen LogP contribution is 2.26. The molecule has 8 nitrogen and oxygen atoms in total. The minimum Gasteiger partial charge on any atom is -0.361 e. The Bertz CT molecular complexity index is 1350. The van der Waals surface area contributed by atoms with E-state index in [0.29, 0.717) is 12.8 Å². The number of nitrogens with one attached hydrogen (secondary N) is 4. The van der Waals surface area contributed by atoms with Crippen molar-refractivity contribution in [2.45, 2.75) is 44.4 Å². The predicted molar refractivity (Wildman–Crippen MR) is 139 cm³/mol. The van der Waals surface area contributed by atoms with Gasteiger partial charge in [-0.05, 0) is 47.9 Å². The van der Waals surface area contributed by atoms with Gasteiger partial charge in [-0.25, -0.2) is 0 Å². The maximum absolute atomic E-state index is 13.4. The Labute approximate surface area is 207 Å².